The molecule has 3 heteroatoms. The van der Waals surface area contributed by atoms with E-state index in [1.54, 1.807) is 19.2 Å². The van der Waals surface area contributed by atoms with Gasteiger partial charge in [-0.3, -0.25) is 0 Å². The van der Waals surface area contributed by atoms with Crippen molar-refractivity contribution in [2.75, 3.05) is 12.8 Å². The first kappa shape index (κ1) is 11.0. The number of nitrogen functional groups attached to an aromatic ring is 1. The molecule has 0 spiro atoms. The van der Waals surface area contributed by atoms with Crippen molar-refractivity contribution in [1.82, 2.24) is 0 Å². The fourth-order valence-electron chi connectivity index (χ4n) is 1.70. The summed E-state index contributed by atoms with van der Waals surface area (Å²) in [5.41, 5.74) is 8.63. The number of hydrogen-bond acceptors (Lipinski definition) is 3. The number of nitrogens with two attached hydrogens (primary N) is 1. The van der Waals surface area contributed by atoms with Crippen molar-refractivity contribution in [3.63, 3.8) is 0 Å². The van der Waals surface area contributed by atoms with Gasteiger partial charge in [0.05, 0.1) is 18.7 Å². The maximum Gasteiger partial charge on any atom is 0.119 e. The summed E-state index contributed by atoms with van der Waals surface area (Å²) in [7, 11) is 1.62. The molecule has 0 saturated carbocycles. The minimum absolute atomic E-state index is 0.568. The summed E-state index contributed by atoms with van der Waals surface area (Å²) in [6, 6.07) is 15.1. The third-order valence-corrected chi connectivity index (χ3v) is 2.54. The minimum atomic E-state index is 0.568. The lowest BCUT2D eigenvalue weighted by Crippen LogP contribution is -1.90. The van der Waals surface area contributed by atoms with E-state index in [1.807, 2.05) is 30.3 Å². The van der Waals surface area contributed by atoms with E-state index >= 15 is 0 Å². The molecule has 0 heterocycles. The van der Waals surface area contributed by atoms with Gasteiger partial charge in [-0.25, -0.2) is 0 Å². The third kappa shape index (κ3) is 2.21. The van der Waals surface area contributed by atoms with Crippen molar-refractivity contribution in [2.45, 2.75) is 0 Å². The minimum Gasteiger partial charge on any atom is -0.497 e. The first-order valence-electron chi connectivity index (χ1n) is 5.18. The lowest BCUT2D eigenvalue weighted by Gasteiger charge is -2.07. The standard InChI is InChI=1S/C14H12N2O/c1-17-13-4-2-3-10(8-13)14-6-5-12(16)7-11(14)9-15/h2-8H,16H2,1H3. The molecule has 0 aromatic heterocycles. The molecule has 0 amide bonds. The zero-order valence-corrected chi connectivity index (χ0v) is 9.47. The normalized spacial score (nSPS) is 9.65. The van der Waals surface area contributed by atoms with E-state index in [0.29, 0.717) is 11.3 Å². The number of nitrogens with zero attached hydrogens (tertiary/aromatic N) is 1. The van der Waals surface area contributed by atoms with Crippen LogP contribution in [0, 0.1) is 11.3 Å². The Labute approximate surface area is 100 Å². The molecule has 0 fully saturated rings. The van der Waals surface area contributed by atoms with Crippen LogP contribution in [0.25, 0.3) is 11.1 Å². The summed E-state index contributed by atoms with van der Waals surface area (Å²) in [5, 5.41) is 9.09. The van der Waals surface area contributed by atoms with E-state index < -0.39 is 0 Å². The second kappa shape index (κ2) is 4.58. The van der Waals surface area contributed by atoms with Crippen LogP contribution in [0.1, 0.15) is 5.56 Å². The molecule has 0 radical (unpaired) electrons. The second-order valence-corrected chi connectivity index (χ2v) is 3.65. The Bertz CT molecular complexity index is 585. The van der Waals surface area contributed by atoms with Crippen LogP contribution in [-0.4, -0.2) is 7.11 Å². The van der Waals surface area contributed by atoms with E-state index in [-0.39, 0.29) is 0 Å². The topological polar surface area (TPSA) is 59.0 Å². The Hall–Kier alpha value is -2.47. The highest BCUT2D eigenvalue weighted by Crippen LogP contribution is 2.27. The predicted molar refractivity (Wildman–Crippen MR) is 67.6 cm³/mol. The summed E-state index contributed by atoms with van der Waals surface area (Å²) in [4.78, 5) is 0. The molecule has 2 aromatic carbocycles. The smallest absolute Gasteiger partial charge is 0.119 e. The number of anilines is 1. The van der Waals surface area contributed by atoms with Gasteiger partial charge in [-0.15, -0.1) is 0 Å². The van der Waals surface area contributed by atoms with Crippen molar-refractivity contribution >= 4 is 5.69 Å². The van der Waals surface area contributed by atoms with Crippen LogP contribution in [0.5, 0.6) is 5.75 Å². The Morgan fingerprint density at radius 2 is 2.00 bits per heavy atom. The van der Waals surface area contributed by atoms with Gasteiger partial charge < -0.3 is 10.5 Å². The largest absolute Gasteiger partial charge is 0.497 e. The Kier molecular flexibility index (Phi) is 2.97. The van der Waals surface area contributed by atoms with Crippen LogP contribution in [-0.2, 0) is 0 Å². The van der Waals surface area contributed by atoms with Gasteiger partial charge in [0, 0.05) is 5.69 Å². The van der Waals surface area contributed by atoms with Crippen LogP contribution >= 0.6 is 0 Å². The molecule has 84 valence electrons. The molecular formula is C14H12N2O. The summed E-state index contributed by atoms with van der Waals surface area (Å²) >= 11 is 0. The van der Waals surface area contributed by atoms with Crippen LogP contribution < -0.4 is 10.5 Å². The zero-order valence-electron chi connectivity index (χ0n) is 9.47. The summed E-state index contributed by atoms with van der Waals surface area (Å²) in [5.74, 6) is 0.767. The molecule has 0 saturated heterocycles. The molecule has 17 heavy (non-hydrogen) atoms. The molecule has 0 unspecified atom stereocenters. The van der Waals surface area contributed by atoms with E-state index in [0.717, 1.165) is 16.9 Å². The average Bonchev–Trinajstić information content (AvgIpc) is 2.38. The first-order chi connectivity index (χ1) is 8.24. The van der Waals surface area contributed by atoms with Gasteiger partial charge in [-0.1, -0.05) is 18.2 Å². The molecule has 0 aliphatic carbocycles. The number of hydrogen-bond donors (Lipinski definition) is 1. The van der Waals surface area contributed by atoms with Gasteiger partial charge in [0.1, 0.15) is 5.75 Å². The van der Waals surface area contributed by atoms with Crippen molar-refractivity contribution in [3.05, 3.63) is 48.0 Å². The number of rotatable bonds is 2. The molecule has 2 N–H and O–H groups in total. The van der Waals surface area contributed by atoms with E-state index in [1.165, 1.54) is 0 Å². The number of nitriles is 1. The van der Waals surface area contributed by atoms with E-state index in [9.17, 15) is 0 Å². The van der Waals surface area contributed by atoms with Crippen molar-refractivity contribution in [2.24, 2.45) is 0 Å². The number of methoxy groups -OCH3 is 1. The monoisotopic (exact) mass is 224 g/mol. The molecule has 0 aliphatic heterocycles. The molecule has 0 aliphatic rings. The fraction of sp³-hybridized carbons (Fsp3) is 0.0714. The Morgan fingerprint density at radius 3 is 2.71 bits per heavy atom. The highest BCUT2D eigenvalue weighted by atomic mass is 16.5. The van der Waals surface area contributed by atoms with Gasteiger partial charge in [-0.05, 0) is 35.4 Å². The molecule has 3 nitrogen and oxygen atoms in total. The second-order valence-electron chi connectivity index (χ2n) is 3.65. The SMILES string of the molecule is COc1cccc(-c2ccc(N)cc2C#N)c1. The van der Waals surface area contributed by atoms with Crippen molar-refractivity contribution in [3.8, 4) is 22.9 Å². The lowest BCUT2D eigenvalue weighted by molar-refractivity contribution is 0.415. The van der Waals surface area contributed by atoms with Crippen molar-refractivity contribution < 1.29 is 4.74 Å². The number of ether oxygens (including phenoxy) is 1. The van der Waals surface area contributed by atoms with Gasteiger partial charge in [0.25, 0.3) is 0 Å². The Morgan fingerprint density at radius 1 is 1.18 bits per heavy atom. The molecule has 0 atom stereocenters. The fourth-order valence-corrected chi connectivity index (χ4v) is 1.70. The lowest BCUT2D eigenvalue weighted by atomic mass is 10.00. The maximum atomic E-state index is 9.09. The van der Waals surface area contributed by atoms with Crippen LogP contribution in [0.4, 0.5) is 5.69 Å². The predicted octanol–water partition coefficient (Wildman–Crippen LogP) is 2.82. The van der Waals surface area contributed by atoms with E-state index in [4.69, 9.17) is 15.7 Å². The number of benzene rings is 2. The van der Waals surface area contributed by atoms with Gasteiger partial charge >= 0.3 is 0 Å². The van der Waals surface area contributed by atoms with Gasteiger partial charge in [0.15, 0.2) is 0 Å². The van der Waals surface area contributed by atoms with Crippen LogP contribution in [0.3, 0.4) is 0 Å². The molecular weight excluding hydrogens is 212 g/mol. The Balaban J connectivity index is 2.56. The van der Waals surface area contributed by atoms with Gasteiger partial charge in [0.2, 0.25) is 0 Å². The zero-order chi connectivity index (χ0) is 12.3. The summed E-state index contributed by atoms with van der Waals surface area (Å²) < 4.78 is 5.17. The van der Waals surface area contributed by atoms with Gasteiger partial charge in [-0.2, -0.15) is 5.26 Å². The summed E-state index contributed by atoms with van der Waals surface area (Å²) in [6.45, 7) is 0. The van der Waals surface area contributed by atoms with Crippen LogP contribution in [0.2, 0.25) is 0 Å². The van der Waals surface area contributed by atoms with E-state index in [2.05, 4.69) is 6.07 Å². The highest BCUT2D eigenvalue weighted by molar-refractivity contribution is 5.73. The highest BCUT2D eigenvalue weighted by Gasteiger charge is 2.06. The molecule has 2 rings (SSSR count). The third-order valence-electron chi connectivity index (χ3n) is 2.54. The van der Waals surface area contributed by atoms with Crippen LogP contribution in [0.15, 0.2) is 42.5 Å². The maximum absolute atomic E-state index is 9.09. The average molecular weight is 224 g/mol. The van der Waals surface area contributed by atoms with Crippen molar-refractivity contribution in [1.29, 1.82) is 5.26 Å². The first-order valence-corrected chi connectivity index (χ1v) is 5.18. The summed E-state index contributed by atoms with van der Waals surface area (Å²) in [6.07, 6.45) is 0. The molecule has 2 aromatic rings. The quantitative estimate of drug-likeness (QED) is 0.798. The molecule has 0 bridgehead atoms.